The van der Waals surface area contributed by atoms with Gasteiger partial charge in [0.2, 0.25) is 0 Å². The number of aliphatic hydroxyl groups excluding tert-OH is 4. The van der Waals surface area contributed by atoms with Crippen molar-refractivity contribution in [1.29, 1.82) is 0 Å². The van der Waals surface area contributed by atoms with Gasteiger partial charge in [-0.25, -0.2) is 29.5 Å². The molecule has 2 aromatic heterocycles. The van der Waals surface area contributed by atoms with Crippen molar-refractivity contribution in [1.82, 2.24) is 30.6 Å². The molecule has 340 valence electrons. The van der Waals surface area contributed by atoms with Gasteiger partial charge in [0, 0.05) is 49.7 Å². The first kappa shape index (κ1) is 45.5. The highest BCUT2D eigenvalue weighted by Crippen LogP contribution is 2.43. The van der Waals surface area contributed by atoms with E-state index >= 15 is 0 Å². The maximum atomic E-state index is 13.3. The minimum Gasteiger partial charge on any atom is -0.394 e. The van der Waals surface area contributed by atoms with E-state index in [9.17, 15) is 39.6 Å². The molecule has 0 spiro atoms. The maximum Gasteiger partial charge on any atom is 0.318 e. The van der Waals surface area contributed by atoms with Crippen LogP contribution >= 0.6 is 0 Å². The van der Waals surface area contributed by atoms with Gasteiger partial charge in [-0.1, -0.05) is 0 Å². The van der Waals surface area contributed by atoms with Crippen LogP contribution in [0.3, 0.4) is 0 Å². The largest absolute Gasteiger partial charge is 0.394 e. The summed E-state index contributed by atoms with van der Waals surface area (Å²) in [6.07, 6.45) is 0.939. The van der Waals surface area contributed by atoms with Crippen LogP contribution in [0.1, 0.15) is 13.8 Å². The average molecular weight is 885 g/mol. The molecule has 2 aromatic carbocycles. The average Bonchev–Trinajstić information content (AvgIpc) is 3.32. The summed E-state index contributed by atoms with van der Waals surface area (Å²) in [4.78, 5) is 74.7. The van der Waals surface area contributed by atoms with E-state index in [2.05, 4.69) is 31.2 Å². The van der Waals surface area contributed by atoms with E-state index < -0.39 is 36.5 Å². The molecule has 22 heteroatoms. The zero-order valence-electron chi connectivity index (χ0n) is 35.8. The normalized spacial score (nSPS) is 20.9. The summed E-state index contributed by atoms with van der Waals surface area (Å²) in [6.45, 7) is 4.76. The van der Waals surface area contributed by atoms with Crippen LogP contribution < -0.4 is 40.9 Å². The van der Waals surface area contributed by atoms with Gasteiger partial charge in [-0.05, 0) is 62.4 Å². The maximum absolute atomic E-state index is 13.3. The summed E-state index contributed by atoms with van der Waals surface area (Å²) in [6, 6.07) is 13.6. The van der Waals surface area contributed by atoms with E-state index in [1.807, 2.05) is 9.80 Å². The fourth-order valence-electron chi connectivity index (χ4n) is 7.82. The van der Waals surface area contributed by atoms with E-state index in [1.165, 1.54) is 23.9 Å². The van der Waals surface area contributed by atoms with Crippen molar-refractivity contribution in [3.63, 3.8) is 0 Å². The zero-order chi connectivity index (χ0) is 45.8. The van der Waals surface area contributed by atoms with Gasteiger partial charge in [0.05, 0.1) is 77.3 Å². The minimum absolute atomic E-state index is 0.0751. The monoisotopic (exact) mass is 884 g/mol. The van der Waals surface area contributed by atoms with Gasteiger partial charge in [-0.2, -0.15) is 0 Å². The standard InChI is InChI=1S/2C21H26N6O5/c2*1-21-12-32-8-7-27(21)18-16(26(19(21)30)10-15(29)11-28)9-23-17(25-18)13-3-5-14(6-4-13)24-20(31)22-2/h2*3-6,9,15,28-29H,7-8,10-12H2,1-2H3,(H2,22,24,31)/t15-,21+;15-,21-/m00/s1. The number of carbonyl (C=O) groups excluding carboxylic acids is 4. The van der Waals surface area contributed by atoms with E-state index in [4.69, 9.17) is 19.4 Å². The quantitative estimate of drug-likeness (QED) is 0.107. The number of β-amino-alcohol motifs (C(OH)–C–C–N with tert-alkyl or cyclic N) is 2. The van der Waals surface area contributed by atoms with Crippen LogP contribution in [0.15, 0.2) is 60.9 Å². The van der Waals surface area contributed by atoms with Crippen LogP contribution in [-0.2, 0) is 19.1 Å². The zero-order valence-corrected chi connectivity index (χ0v) is 35.8. The molecule has 6 heterocycles. The highest BCUT2D eigenvalue weighted by Gasteiger charge is 2.52. The number of benzene rings is 2. The van der Waals surface area contributed by atoms with Crippen molar-refractivity contribution < 1.29 is 49.1 Å². The Kier molecular flexibility index (Phi) is 13.5. The van der Waals surface area contributed by atoms with E-state index in [1.54, 1.807) is 74.8 Å². The molecule has 8 N–H and O–H groups in total. The molecule has 6 amide bonds. The SMILES string of the molecule is CNC(=O)Nc1ccc(-c2ncc3c(n2)N2CCOC[C@@]2(C)C(=O)N3C[C@H](O)CO)cc1.CNC(=O)Nc1ccc(-c2ncc3c(n2)N2CCOC[C@]2(C)C(=O)N3C[C@H](O)CO)cc1. The summed E-state index contributed by atoms with van der Waals surface area (Å²) < 4.78 is 11.2. The van der Waals surface area contributed by atoms with Gasteiger partial charge in [0.15, 0.2) is 23.3 Å². The lowest BCUT2D eigenvalue weighted by Gasteiger charge is -2.50. The fraction of sp³-hybridized carbons (Fsp3) is 0.429. The number of carbonyl (C=O) groups is 4. The Labute approximate surface area is 368 Å². The van der Waals surface area contributed by atoms with E-state index in [0.717, 1.165) is 11.1 Å². The molecular weight excluding hydrogens is 833 g/mol. The minimum atomic E-state index is -1.09. The first-order valence-electron chi connectivity index (χ1n) is 20.6. The number of urea groups is 2. The van der Waals surface area contributed by atoms with Gasteiger partial charge < -0.3 is 70.8 Å². The van der Waals surface area contributed by atoms with Crippen molar-refractivity contribution in [2.24, 2.45) is 0 Å². The van der Waals surface area contributed by atoms with Crippen LogP contribution in [0.5, 0.6) is 0 Å². The third-order valence-electron chi connectivity index (χ3n) is 11.3. The molecule has 22 nitrogen and oxygen atoms in total. The number of rotatable bonds is 10. The molecule has 0 aliphatic carbocycles. The van der Waals surface area contributed by atoms with Crippen LogP contribution in [0.2, 0.25) is 0 Å². The molecule has 4 aromatic rings. The number of aliphatic hydroxyl groups is 4. The topological polar surface area (TPSA) is 280 Å². The van der Waals surface area contributed by atoms with E-state index in [-0.39, 0.29) is 50.2 Å². The summed E-state index contributed by atoms with van der Waals surface area (Å²) in [5.74, 6) is 1.58. The molecule has 4 aliphatic heterocycles. The number of nitrogens with zero attached hydrogens (tertiary/aromatic N) is 8. The van der Waals surface area contributed by atoms with Crippen LogP contribution in [-0.4, -0.2) is 167 Å². The van der Waals surface area contributed by atoms with Crippen molar-refractivity contribution in [3.8, 4) is 22.8 Å². The number of ether oxygens (including phenoxy) is 2. The Balaban J connectivity index is 0.000000191. The molecule has 2 saturated heterocycles. The fourth-order valence-corrected chi connectivity index (χ4v) is 7.82. The van der Waals surface area contributed by atoms with Gasteiger partial charge >= 0.3 is 12.1 Å². The first-order chi connectivity index (χ1) is 30.7. The predicted molar refractivity (Wildman–Crippen MR) is 235 cm³/mol. The first-order valence-corrected chi connectivity index (χ1v) is 20.6. The molecule has 0 radical (unpaired) electrons. The molecule has 64 heavy (non-hydrogen) atoms. The third kappa shape index (κ3) is 8.96. The van der Waals surface area contributed by atoms with Gasteiger partial charge in [0.1, 0.15) is 22.5 Å². The number of morpholine rings is 2. The lowest BCUT2D eigenvalue weighted by atomic mass is 9.93. The van der Waals surface area contributed by atoms with Crippen molar-refractivity contribution in [2.75, 3.05) is 110 Å². The summed E-state index contributed by atoms with van der Waals surface area (Å²) in [5, 5.41) is 49.0. The Morgan fingerprint density at radius 3 is 1.39 bits per heavy atom. The number of hydrogen-bond donors (Lipinski definition) is 8. The second-order valence-corrected chi connectivity index (χ2v) is 15.8. The number of hydrogen-bond acceptors (Lipinski definition) is 16. The van der Waals surface area contributed by atoms with Crippen LogP contribution in [0.4, 0.5) is 44.0 Å². The molecule has 8 rings (SSSR count). The number of anilines is 6. The number of nitrogens with one attached hydrogen (secondary N) is 4. The van der Waals surface area contributed by atoms with Crippen LogP contribution in [0, 0.1) is 0 Å². The third-order valence-corrected chi connectivity index (χ3v) is 11.3. The smallest absolute Gasteiger partial charge is 0.318 e. The van der Waals surface area contributed by atoms with Gasteiger partial charge in [-0.15, -0.1) is 0 Å². The Morgan fingerprint density at radius 1 is 0.672 bits per heavy atom. The predicted octanol–water partition coefficient (Wildman–Crippen LogP) is 0.380. The summed E-state index contributed by atoms with van der Waals surface area (Å²) in [7, 11) is 3.08. The second kappa shape index (κ2) is 19.0. The number of amides is 6. The Morgan fingerprint density at radius 2 is 1.05 bits per heavy atom. The second-order valence-electron chi connectivity index (χ2n) is 15.8. The molecule has 2 fully saturated rings. The molecule has 0 saturated carbocycles. The lowest BCUT2D eigenvalue weighted by molar-refractivity contribution is -0.128. The summed E-state index contributed by atoms with van der Waals surface area (Å²) in [5.41, 5.74) is 1.73. The Bertz CT molecular complexity index is 2200. The molecule has 0 unspecified atom stereocenters. The Hall–Kier alpha value is -6.56. The number of aromatic nitrogens is 4. The summed E-state index contributed by atoms with van der Waals surface area (Å²) >= 11 is 0. The van der Waals surface area contributed by atoms with Crippen molar-refractivity contribution in [3.05, 3.63) is 60.9 Å². The lowest BCUT2D eigenvalue weighted by Crippen LogP contribution is -2.68. The van der Waals surface area contributed by atoms with Crippen LogP contribution in [0.25, 0.3) is 22.8 Å². The molecule has 4 atom stereocenters. The van der Waals surface area contributed by atoms with E-state index in [0.29, 0.717) is 72.3 Å². The van der Waals surface area contributed by atoms with Crippen molar-refractivity contribution in [2.45, 2.75) is 37.1 Å². The highest BCUT2D eigenvalue weighted by atomic mass is 16.5. The van der Waals surface area contributed by atoms with Crippen molar-refractivity contribution >= 4 is 58.3 Å². The highest BCUT2D eigenvalue weighted by molar-refractivity contribution is 6.09. The number of fused-ring (bicyclic) bond motifs is 6. The van der Waals surface area contributed by atoms with Gasteiger partial charge in [0.25, 0.3) is 11.8 Å². The molecule has 0 bridgehead atoms. The molecular formula is C42H52N12O10. The molecule has 4 aliphatic rings. The van der Waals surface area contributed by atoms with Gasteiger partial charge in [-0.3, -0.25) is 9.59 Å².